The fourth-order valence-electron chi connectivity index (χ4n) is 1.71. The average Bonchev–Trinajstić information content (AvgIpc) is 2.22. The average molecular weight is 297 g/mol. The molecule has 1 rings (SSSR count). The maximum absolute atomic E-state index is 5.96. The van der Waals surface area contributed by atoms with Gasteiger partial charge in [0.2, 0.25) is 0 Å². The van der Waals surface area contributed by atoms with Crippen LogP contribution < -0.4 is 0 Å². The molecule has 2 unspecified atom stereocenters. The highest BCUT2D eigenvalue weighted by molar-refractivity contribution is 6.83. The molecule has 2 atom stereocenters. The molecule has 17 heavy (non-hydrogen) atoms. The van der Waals surface area contributed by atoms with Crippen LogP contribution in [-0.4, -0.2) is 40.1 Å². The van der Waals surface area contributed by atoms with E-state index in [1.807, 2.05) is 19.6 Å². The molecule has 0 radical (unpaired) electrons. The zero-order chi connectivity index (χ0) is 12.9. The normalized spacial score (nSPS) is 38.3. The van der Waals surface area contributed by atoms with Crippen LogP contribution in [0.1, 0.15) is 26.7 Å². The summed E-state index contributed by atoms with van der Waals surface area (Å²) < 4.78 is 29.1. The largest absolute Gasteiger partial charge is 0.481 e. The predicted octanol–water partition coefficient (Wildman–Crippen LogP) is 1.89. The Labute approximate surface area is 108 Å². The zero-order valence-electron chi connectivity index (χ0n) is 11.4. The molecule has 0 aliphatic carbocycles. The van der Waals surface area contributed by atoms with Gasteiger partial charge in [0.1, 0.15) is 0 Å². The number of rotatable bonds is 6. The molecule has 0 aromatic heterocycles. The van der Waals surface area contributed by atoms with Gasteiger partial charge in [0.15, 0.2) is 0 Å². The number of hydrogen-bond acceptors (Lipinski definition) is 5. The Bertz CT molecular complexity index is 223. The van der Waals surface area contributed by atoms with Gasteiger partial charge in [-0.05, 0) is 19.4 Å². The molecule has 0 aromatic rings. The second-order valence-electron chi connectivity index (χ2n) is 4.33. The summed E-state index contributed by atoms with van der Waals surface area (Å²) in [4.78, 5) is 0. The van der Waals surface area contributed by atoms with Gasteiger partial charge < -0.3 is 21.2 Å². The van der Waals surface area contributed by atoms with Gasteiger partial charge in [-0.15, -0.1) is 0 Å². The zero-order valence-corrected chi connectivity index (χ0v) is 14.6. The van der Waals surface area contributed by atoms with Crippen LogP contribution in [0, 0.1) is 0 Å². The SMILES string of the molecule is CCCO[Si]1(C)O[SiH](C)O[Si](C)(OCCC)O1. The lowest BCUT2D eigenvalue weighted by molar-refractivity contribution is 0.0697. The molecule has 0 N–H and O–H groups in total. The lowest BCUT2D eigenvalue weighted by atomic mass is 10.5. The van der Waals surface area contributed by atoms with Crippen molar-refractivity contribution in [2.24, 2.45) is 0 Å². The summed E-state index contributed by atoms with van der Waals surface area (Å²) in [6.07, 6.45) is 1.92. The van der Waals surface area contributed by atoms with Crippen molar-refractivity contribution in [3.05, 3.63) is 0 Å². The summed E-state index contributed by atoms with van der Waals surface area (Å²) in [7, 11) is -6.75. The first-order valence-electron chi connectivity index (χ1n) is 6.27. The summed E-state index contributed by atoms with van der Waals surface area (Å²) in [5.74, 6) is 0. The molecule has 0 bridgehead atoms. The molecule has 0 aromatic carbocycles. The minimum absolute atomic E-state index is 0.669. The van der Waals surface area contributed by atoms with E-state index in [2.05, 4.69) is 13.8 Å². The van der Waals surface area contributed by atoms with Gasteiger partial charge in [-0.1, -0.05) is 13.8 Å². The Balaban J connectivity index is 2.62. The minimum Gasteiger partial charge on any atom is -0.396 e. The van der Waals surface area contributed by atoms with E-state index in [0.29, 0.717) is 13.2 Å². The molecule has 1 heterocycles. The maximum Gasteiger partial charge on any atom is 0.481 e. The van der Waals surface area contributed by atoms with Gasteiger partial charge in [0, 0.05) is 26.3 Å². The molecule has 102 valence electrons. The van der Waals surface area contributed by atoms with E-state index in [4.69, 9.17) is 21.2 Å². The Kier molecular flexibility index (Phi) is 5.99. The van der Waals surface area contributed by atoms with Crippen molar-refractivity contribution in [3.8, 4) is 0 Å². The second-order valence-corrected chi connectivity index (χ2v) is 12.2. The molecule has 8 heteroatoms. The number of hydrogen-bond donors (Lipinski definition) is 0. The minimum atomic E-state index is -2.53. The van der Waals surface area contributed by atoms with Gasteiger partial charge in [-0.3, -0.25) is 0 Å². The molecular weight excluding hydrogens is 272 g/mol. The molecule has 1 saturated heterocycles. The smallest absolute Gasteiger partial charge is 0.396 e. The highest BCUT2D eigenvalue weighted by atomic mass is 28.5. The third-order valence-corrected chi connectivity index (χ3v) is 12.8. The van der Waals surface area contributed by atoms with E-state index in [-0.39, 0.29) is 0 Å². The van der Waals surface area contributed by atoms with E-state index < -0.39 is 26.9 Å². The Hall–Kier alpha value is 0.451. The van der Waals surface area contributed by atoms with Crippen LogP contribution in [0.2, 0.25) is 19.6 Å². The standard InChI is InChI=1S/C9H24O5Si3/c1-6-8-10-16(4)12-15(3)13-17(5,14-16)11-9-7-2/h15H,6-9H2,1-5H3. The van der Waals surface area contributed by atoms with E-state index in [0.717, 1.165) is 12.8 Å². The van der Waals surface area contributed by atoms with Crippen LogP contribution in [0.25, 0.3) is 0 Å². The summed E-state index contributed by atoms with van der Waals surface area (Å²) in [5, 5.41) is 0. The highest BCUT2D eigenvalue weighted by Gasteiger charge is 2.54. The van der Waals surface area contributed by atoms with E-state index in [1.54, 1.807) is 0 Å². The van der Waals surface area contributed by atoms with Crippen molar-refractivity contribution in [2.75, 3.05) is 13.2 Å². The first-order valence-corrected chi connectivity index (χ1v) is 12.8. The van der Waals surface area contributed by atoms with Gasteiger partial charge >= 0.3 is 26.9 Å². The highest BCUT2D eigenvalue weighted by Crippen LogP contribution is 2.26. The molecular formula is C9H24O5Si3. The quantitative estimate of drug-likeness (QED) is 0.701. The molecule has 0 saturated carbocycles. The fourth-order valence-corrected chi connectivity index (χ4v) is 13.3. The van der Waals surface area contributed by atoms with Crippen molar-refractivity contribution < 1.29 is 21.2 Å². The van der Waals surface area contributed by atoms with Crippen LogP contribution >= 0.6 is 0 Å². The lowest BCUT2D eigenvalue weighted by Crippen LogP contribution is -2.64. The Morgan fingerprint density at radius 1 is 0.941 bits per heavy atom. The van der Waals surface area contributed by atoms with Crippen LogP contribution in [0.5, 0.6) is 0 Å². The predicted molar refractivity (Wildman–Crippen MR) is 72.0 cm³/mol. The molecule has 1 aliphatic rings. The third kappa shape index (κ3) is 4.91. The Morgan fingerprint density at radius 2 is 1.35 bits per heavy atom. The topological polar surface area (TPSA) is 46.2 Å². The van der Waals surface area contributed by atoms with Gasteiger partial charge in [-0.25, -0.2) is 0 Å². The monoisotopic (exact) mass is 296 g/mol. The molecule has 1 aliphatic heterocycles. The van der Waals surface area contributed by atoms with E-state index >= 15 is 0 Å². The maximum atomic E-state index is 5.96. The Morgan fingerprint density at radius 3 is 1.71 bits per heavy atom. The van der Waals surface area contributed by atoms with Crippen molar-refractivity contribution in [1.82, 2.24) is 0 Å². The first-order chi connectivity index (χ1) is 7.93. The molecule has 0 amide bonds. The summed E-state index contributed by atoms with van der Waals surface area (Å²) >= 11 is 0. The summed E-state index contributed by atoms with van der Waals surface area (Å²) in [5.41, 5.74) is 0. The van der Waals surface area contributed by atoms with Crippen LogP contribution in [-0.2, 0) is 21.2 Å². The van der Waals surface area contributed by atoms with Gasteiger partial charge in [0.25, 0.3) is 0 Å². The molecule has 1 fully saturated rings. The fraction of sp³-hybridized carbons (Fsp3) is 1.00. The van der Waals surface area contributed by atoms with Crippen molar-refractivity contribution in [1.29, 1.82) is 0 Å². The third-order valence-electron chi connectivity index (χ3n) is 2.27. The van der Waals surface area contributed by atoms with Crippen LogP contribution in [0.4, 0.5) is 0 Å². The van der Waals surface area contributed by atoms with Crippen molar-refractivity contribution in [3.63, 3.8) is 0 Å². The summed E-state index contributed by atoms with van der Waals surface area (Å²) in [6, 6.07) is 0. The molecule has 5 nitrogen and oxygen atoms in total. The van der Waals surface area contributed by atoms with Crippen molar-refractivity contribution in [2.45, 2.75) is 46.3 Å². The van der Waals surface area contributed by atoms with Gasteiger partial charge in [-0.2, -0.15) is 0 Å². The van der Waals surface area contributed by atoms with E-state index in [1.165, 1.54) is 0 Å². The molecule has 0 spiro atoms. The van der Waals surface area contributed by atoms with E-state index in [9.17, 15) is 0 Å². The second kappa shape index (κ2) is 6.57. The van der Waals surface area contributed by atoms with Crippen LogP contribution in [0.3, 0.4) is 0 Å². The van der Waals surface area contributed by atoms with Crippen LogP contribution in [0.15, 0.2) is 0 Å². The van der Waals surface area contributed by atoms with Gasteiger partial charge in [0.05, 0.1) is 0 Å². The van der Waals surface area contributed by atoms with Crippen molar-refractivity contribution >= 4 is 26.9 Å². The lowest BCUT2D eigenvalue weighted by Gasteiger charge is -2.42. The first kappa shape index (κ1) is 15.5. The summed E-state index contributed by atoms with van der Waals surface area (Å²) in [6.45, 7) is 11.4.